The quantitative estimate of drug-likeness (QED) is 0.870. The maximum atomic E-state index is 14.0. The van der Waals surface area contributed by atoms with Crippen molar-refractivity contribution in [3.63, 3.8) is 0 Å². The van der Waals surface area contributed by atoms with Crippen LogP contribution in [0.4, 0.5) is 4.39 Å². The van der Waals surface area contributed by atoms with E-state index in [0.29, 0.717) is 24.7 Å². The van der Waals surface area contributed by atoms with Gasteiger partial charge in [0.25, 0.3) is 0 Å². The van der Waals surface area contributed by atoms with Crippen LogP contribution in [0.2, 0.25) is 5.02 Å². The number of benzene rings is 1. The van der Waals surface area contributed by atoms with E-state index in [9.17, 15) is 4.39 Å². The molecule has 1 aliphatic rings. The van der Waals surface area contributed by atoms with Gasteiger partial charge in [-0.3, -0.25) is 0 Å². The highest BCUT2D eigenvalue weighted by atomic mass is 35.5. The van der Waals surface area contributed by atoms with Gasteiger partial charge in [0.1, 0.15) is 13.2 Å². The number of hydrogen-bond acceptors (Lipinski definition) is 3. The van der Waals surface area contributed by atoms with Crippen LogP contribution in [0.1, 0.15) is 12.5 Å². The zero-order chi connectivity index (χ0) is 11.8. The third kappa shape index (κ3) is 1.95. The van der Waals surface area contributed by atoms with E-state index < -0.39 is 12.3 Å². The van der Waals surface area contributed by atoms with Crippen LogP contribution in [0.5, 0.6) is 11.5 Å². The molecule has 88 valence electrons. The minimum Gasteiger partial charge on any atom is -0.486 e. The predicted molar refractivity (Wildman–Crippen MR) is 58.0 cm³/mol. The minimum absolute atomic E-state index is 0.209. The molecule has 1 heterocycles. The summed E-state index contributed by atoms with van der Waals surface area (Å²) in [6, 6.07) is 2.99. The van der Waals surface area contributed by atoms with Crippen LogP contribution in [0.15, 0.2) is 12.1 Å². The molecule has 0 radical (unpaired) electrons. The number of halogens is 2. The summed E-state index contributed by atoms with van der Waals surface area (Å²) in [6.07, 6.45) is 0. The topological polar surface area (TPSA) is 38.7 Å². The van der Waals surface area contributed by atoms with Gasteiger partial charge in [-0.15, -0.1) is 0 Å². The van der Waals surface area contributed by atoms with Crippen LogP contribution in [0.25, 0.3) is 0 Å². The molecular weight excluding hydrogens is 235 g/mol. The Morgan fingerprint density at radius 1 is 1.38 bits per heavy atom. The average molecular weight is 247 g/mol. The Bertz CT molecular complexity index is 406. The first-order valence-corrected chi connectivity index (χ1v) is 5.32. The van der Waals surface area contributed by atoms with E-state index in [-0.39, 0.29) is 10.6 Å². The molecule has 0 saturated heterocycles. The van der Waals surface area contributed by atoms with Crippen molar-refractivity contribution in [3.8, 4) is 11.5 Å². The third-order valence-corrected chi connectivity index (χ3v) is 2.80. The Morgan fingerprint density at radius 2 is 1.94 bits per heavy atom. The highest BCUT2D eigenvalue weighted by Crippen LogP contribution is 2.40. The van der Waals surface area contributed by atoms with Gasteiger partial charge in [0.15, 0.2) is 17.2 Å². The van der Waals surface area contributed by atoms with Crippen molar-refractivity contribution in [2.24, 2.45) is 0 Å². The van der Waals surface area contributed by atoms with E-state index in [1.165, 1.54) is 19.1 Å². The van der Waals surface area contributed by atoms with Crippen LogP contribution in [-0.4, -0.2) is 24.9 Å². The molecule has 0 saturated carbocycles. The molecule has 0 aromatic heterocycles. The molecule has 1 unspecified atom stereocenters. The van der Waals surface area contributed by atoms with Gasteiger partial charge in [-0.25, -0.2) is 4.39 Å². The molecule has 0 spiro atoms. The van der Waals surface area contributed by atoms with Crippen molar-refractivity contribution in [3.05, 3.63) is 22.7 Å². The molecule has 2 rings (SSSR count). The van der Waals surface area contributed by atoms with Gasteiger partial charge in [-0.2, -0.15) is 0 Å². The van der Waals surface area contributed by atoms with Gasteiger partial charge in [-0.05, 0) is 13.0 Å². The summed E-state index contributed by atoms with van der Waals surface area (Å²) < 4.78 is 24.6. The van der Waals surface area contributed by atoms with Crippen molar-refractivity contribution in [1.82, 2.24) is 0 Å². The average Bonchev–Trinajstić information content (AvgIpc) is 2.28. The number of fused-ring (bicyclic) bond motifs is 1. The second-order valence-electron chi connectivity index (χ2n) is 3.83. The number of aliphatic hydroxyl groups excluding tert-OH is 1. The van der Waals surface area contributed by atoms with Crippen LogP contribution < -0.4 is 9.47 Å². The zero-order valence-corrected chi connectivity index (χ0v) is 9.55. The van der Waals surface area contributed by atoms with Gasteiger partial charge < -0.3 is 14.6 Å². The number of ether oxygens (including phenoxy) is 2. The lowest BCUT2D eigenvalue weighted by Gasteiger charge is -2.24. The number of aliphatic hydroxyl groups is 1. The first-order valence-electron chi connectivity index (χ1n) is 4.94. The van der Waals surface area contributed by atoms with E-state index >= 15 is 0 Å². The Morgan fingerprint density at radius 3 is 2.50 bits per heavy atom. The third-order valence-electron chi connectivity index (χ3n) is 2.49. The van der Waals surface area contributed by atoms with Crippen LogP contribution in [0, 0.1) is 0 Å². The Kier molecular flexibility index (Phi) is 2.95. The molecule has 16 heavy (non-hydrogen) atoms. The molecule has 1 aromatic rings. The second kappa shape index (κ2) is 4.11. The monoisotopic (exact) mass is 246 g/mol. The lowest BCUT2D eigenvalue weighted by atomic mass is 9.98. The van der Waals surface area contributed by atoms with Gasteiger partial charge in [0, 0.05) is 11.6 Å². The van der Waals surface area contributed by atoms with E-state index in [2.05, 4.69) is 0 Å². The van der Waals surface area contributed by atoms with Gasteiger partial charge in [0.2, 0.25) is 0 Å². The molecule has 1 atom stereocenters. The SMILES string of the molecule is CC(F)(CO)c1cc2c(cc1Cl)OCCO2. The summed E-state index contributed by atoms with van der Waals surface area (Å²) in [7, 11) is 0. The van der Waals surface area contributed by atoms with Crippen molar-refractivity contribution < 1.29 is 19.0 Å². The lowest BCUT2D eigenvalue weighted by molar-refractivity contribution is 0.0860. The first kappa shape index (κ1) is 11.5. The van der Waals surface area contributed by atoms with Crippen LogP contribution in [-0.2, 0) is 5.67 Å². The van der Waals surface area contributed by atoms with Gasteiger partial charge in [-0.1, -0.05) is 11.6 Å². The molecule has 0 aliphatic carbocycles. The molecule has 3 nitrogen and oxygen atoms in total. The summed E-state index contributed by atoms with van der Waals surface area (Å²) >= 11 is 5.94. The molecule has 0 fully saturated rings. The van der Waals surface area contributed by atoms with E-state index in [1.807, 2.05) is 0 Å². The Hall–Kier alpha value is -1.00. The Labute approximate surface area is 97.7 Å². The molecule has 1 aromatic carbocycles. The van der Waals surface area contributed by atoms with E-state index in [4.69, 9.17) is 26.2 Å². The largest absolute Gasteiger partial charge is 0.486 e. The fraction of sp³-hybridized carbons (Fsp3) is 0.455. The summed E-state index contributed by atoms with van der Waals surface area (Å²) in [5.41, 5.74) is -1.67. The molecule has 0 amide bonds. The molecular formula is C11H12ClFO3. The molecule has 5 heteroatoms. The highest BCUT2D eigenvalue weighted by Gasteiger charge is 2.29. The highest BCUT2D eigenvalue weighted by molar-refractivity contribution is 6.31. The minimum atomic E-state index is -1.88. The summed E-state index contributed by atoms with van der Waals surface area (Å²) in [5, 5.41) is 9.20. The fourth-order valence-electron chi connectivity index (χ4n) is 1.55. The van der Waals surface area contributed by atoms with E-state index in [0.717, 1.165) is 0 Å². The van der Waals surface area contributed by atoms with Crippen molar-refractivity contribution in [2.45, 2.75) is 12.6 Å². The summed E-state index contributed by atoms with van der Waals surface area (Å²) in [6.45, 7) is 1.52. The van der Waals surface area contributed by atoms with Crippen molar-refractivity contribution >= 4 is 11.6 Å². The summed E-state index contributed by atoms with van der Waals surface area (Å²) in [5.74, 6) is 0.969. The number of rotatable bonds is 2. The Balaban J connectivity index is 2.47. The lowest BCUT2D eigenvalue weighted by Crippen LogP contribution is -2.22. The standard InChI is InChI=1S/C11H12ClFO3/c1-11(13,6-14)7-4-9-10(5-8(7)12)16-3-2-15-9/h4-5,14H,2-3,6H2,1H3. The fourth-order valence-corrected chi connectivity index (χ4v) is 1.90. The molecule has 1 aliphatic heterocycles. The first-order chi connectivity index (χ1) is 7.54. The smallest absolute Gasteiger partial charge is 0.162 e. The van der Waals surface area contributed by atoms with Crippen molar-refractivity contribution in [2.75, 3.05) is 19.8 Å². The zero-order valence-electron chi connectivity index (χ0n) is 8.80. The normalized spacial score (nSPS) is 18.0. The predicted octanol–water partition coefficient (Wildman–Crippen LogP) is 2.29. The molecule has 1 N–H and O–H groups in total. The van der Waals surface area contributed by atoms with Gasteiger partial charge >= 0.3 is 0 Å². The van der Waals surface area contributed by atoms with Crippen LogP contribution >= 0.6 is 11.6 Å². The second-order valence-corrected chi connectivity index (χ2v) is 4.24. The maximum absolute atomic E-state index is 14.0. The summed E-state index contributed by atoms with van der Waals surface area (Å²) in [4.78, 5) is 0. The number of alkyl halides is 1. The maximum Gasteiger partial charge on any atom is 0.162 e. The van der Waals surface area contributed by atoms with Crippen LogP contribution in [0.3, 0.4) is 0 Å². The van der Waals surface area contributed by atoms with Gasteiger partial charge in [0.05, 0.1) is 11.6 Å². The van der Waals surface area contributed by atoms with Crippen molar-refractivity contribution in [1.29, 1.82) is 0 Å². The number of hydrogen-bond donors (Lipinski definition) is 1. The van der Waals surface area contributed by atoms with E-state index in [1.54, 1.807) is 0 Å². The molecule has 0 bridgehead atoms.